The zero-order chi connectivity index (χ0) is 14.4. The largest absolute Gasteiger partial charge is 0.326 e. The van der Waals surface area contributed by atoms with Gasteiger partial charge in [-0.3, -0.25) is 4.79 Å². The van der Waals surface area contributed by atoms with Crippen molar-refractivity contribution in [1.29, 1.82) is 0 Å². The average molecular weight is 339 g/mol. The van der Waals surface area contributed by atoms with Crippen LogP contribution in [-0.2, 0) is 11.2 Å². The van der Waals surface area contributed by atoms with Crippen LogP contribution < -0.4 is 10.6 Å². The van der Waals surface area contributed by atoms with E-state index in [0.29, 0.717) is 12.5 Å². The number of nitrogens with one attached hydrogen (secondary N) is 2. The van der Waals surface area contributed by atoms with Crippen molar-refractivity contribution in [2.24, 2.45) is 0 Å². The van der Waals surface area contributed by atoms with Crippen molar-refractivity contribution in [2.45, 2.75) is 51.5 Å². The maximum Gasteiger partial charge on any atom is 0.224 e. The van der Waals surface area contributed by atoms with Gasteiger partial charge in [0, 0.05) is 22.6 Å². The Bertz CT molecular complexity index is 456. The first-order chi connectivity index (χ1) is 9.69. The van der Waals surface area contributed by atoms with Crippen molar-refractivity contribution in [3.8, 4) is 0 Å². The number of aryl methyl sites for hydroxylation is 1. The molecule has 4 heteroatoms. The Balaban J connectivity index is 1.84. The summed E-state index contributed by atoms with van der Waals surface area (Å²) in [7, 11) is 0. The van der Waals surface area contributed by atoms with Crippen LogP contribution in [0.15, 0.2) is 22.7 Å². The molecule has 1 heterocycles. The van der Waals surface area contributed by atoms with Crippen LogP contribution in [0, 0.1) is 0 Å². The maximum absolute atomic E-state index is 12.1. The highest BCUT2D eigenvalue weighted by molar-refractivity contribution is 9.10. The van der Waals surface area contributed by atoms with Crippen LogP contribution in [0.3, 0.4) is 0 Å². The van der Waals surface area contributed by atoms with Crippen molar-refractivity contribution in [1.82, 2.24) is 5.32 Å². The van der Waals surface area contributed by atoms with Gasteiger partial charge in [0.1, 0.15) is 0 Å². The zero-order valence-electron chi connectivity index (χ0n) is 12.0. The van der Waals surface area contributed by atoms with E-state index < -0.39 is 0 Å². The van der Waals surface area contributed by atoms with E-state index in [9.17, 15) is 4.79 Å². The lowest BCUT2D eigenvalue weighted by Gasteiger charge is -2.23. The Hall–Kier alpha value is -0.870. The summed E-state index contributed by atoms with van der Waals surface area (Å²) in [6, 6.07) is 6.53. The average Bonchev–Trinajstić information content (AvgIpc) is 2.48. The normalized spacial score (nSPS) is 18.8. The first-order valence-corrected chi connectivity index (χ1v) is 8.30. The van der Waals surface area contributed by atoms with Crippen LogP contribution in [0.5, 0.6) is 0 Å². The number of benzene rings is 1. The molecular formula is C16H23BrN2O. The molecule has 2 rings (SSSR count). The summed E-state index contributed by atoms with van der Waals surface area (Å²) in [5.74, 6) is 0.120. The summed E-state index contributed by atoms with van der Waals surface area (Å²) < 4.78 is 1.05. The quantitative estimate of drug-likeness (QED) is 0.855. The third kappa shape index (κ3) is 4.60. The first kappa shape index (κ1) is 15.5. The SMILES string of the molecule is CCc1cc(Br)ccc1NC(=O)CCC1CCCCN1. The molecule has 1 amide bonds. The van der Waals surface area contributed by atoms with Gasteiger partial charge in [-0.25, -0.2) is 0 Å². The molecule has 0 radical (unpaired) electrons. The minimum atomic E-state index is 0.120. The smallest absolute Gasteiger partial charge is 0.224 e. The van der Waals surface area contributed by atoms with Gasteiger partial charge in [0.05, 0.1) is 0 Å². The fraction of sp³-hybridized carbons (Fsp3) is 0.562. The van der Waals surface area contributed by atoms with Gasteiger partial charge in [0.25, 0.3) is 0 Å². The molecule has 3 nitrogen and oxygen atoms in total. The molecule has 110 valence electrons. The Labute approximate surface area is 129 Å². The molecule has 0 saturated carbocycles. The predicted octanol–water partition coefficient (Wildman–Crippen LogP) is 3.87. The van der Waals surface area contributed by atoms with Crippen molar-refractivity contribution >= 4 is 27.5 Å². The molecular weight excluding hydrogens is 316 g/mol. The first-order valence-electron chi connectivity index (χ1n) is 7.50. The Morgan fingerprint density at radius 2 is 2.30 bits per heavy atom. The van der Waals surface area contributed by atoms with Crippen LogP contribution in [0.2, 0.25) is 0 Å². The van der Waals surface area contributed by atoms with Crippen molar-refractivity contribution in [3.05, 3.63) is 28.2 Å². The standard InChI is InChI=1S/C16H23BrN2O/c1-2-12-11-13(17)6-8-15(12)19-16(20)9-7-14-5-3-4-10-18-14/h6,8,11,14,18H,2-5,7,9-10H2,1H3,(H,19,20). The molecule has 20 heavy (non-hydrogen) atoms. The number of hydrogen-bond acceptors (Lipinski definition) is 2. The van der Waals surface area contributed by atoms with E-state index in [1.807, 2.05) is 12.1 Å². The Morgan fingerprint density at radius 3 is 3.00 bits per heavy atom. The lowest BCUT2D eigenvalue weighted by Crippen LogP contribution is -2.34. The molecule has 0 aliphatic carbocycles. The minimum absolute atomic E-state index is 0.120. The molecule has 1 fully saturated rings. The minimum Gasteiger partial charge on any atom is -0.326 e. The van der Waals surface area contributed by atoms with E-state index in [2.05, 4.69) is 39.6 Å². The monoisotopic (exact) mass is 338 g/mol. The number of amides is 1. The molecule has 0 bridgehead atoms. The van der Waals surface area contributed by atoms with Gasteiger partial charge < -0.3 is 10.6 Å². The molecule has 1 unspecified atom stereocenters. The Kier molecular flexibility index (Phi) is 6.05. The van der Waals surface area contributed by atoms with Crippen molar-refractivity contribution in [3.63, 3.8) is 0 Å². The molecule has 1 aliphatic heterocycles. The van der Waals surface area contributed by atoms with E-state index in [1.54, 1.807) is 0 Å². The van der Waals surface area contributed by atoms with E-state index >= 15 is 0 Å². The van der Waals surface area contributed by atoms with Crippen LogP contribution in [0.1, 0.15) is 44.6 Å². The Morgan fingerprint density at radius 1 is 1.45 bits per heavy atom. The van der Waals surface area contributed by atoms with Crippen LogP contribution >= 0.6 is 15.9 Å². The van der Waals surface area contributed by atoms with Gasteiger partial charge >= 0.3 is 0 Å². The molecule has 1 aromatic carbocycles. The topological polar surface area (TPSA) is 41.1 Å². The zero-order valence-corrected chi connectivity index (χ0v) is 13.6. The second-order valence-electron chi connectivity index (χ2n) is 5.39. The number of rotatable bonds is 5. The number of carbonyl (C=O) groups is 1. The third-order valence-corrected chi connectivity index (χ3v) is 4.35. The van der Waals surface area contributed by atoms with Gasteiger partial charge in [-0.15, -0.1) is 0 Å². The van der Waals surface area contributed by atoms with Gasteiger partial charge in [-0.2, -0.15) is 0 Å². The summed E-state index contributed by atoms with van der Waals surface area (Å²) in [5, 5.41) is 6.52. The number of carbonyl (C=O) groups excluding carboxylic acids is 1. The highest BCUT2D eigenvalue weighted by atomic mass is 79.9. The summed E-state index contributed by atoms with van der Waals surface area (Å²) in [5.41, 5.74) is 2.11. The second kappa shape index (κ2) is 7.79. The summed E-state index contributed by atoms with van der Waals surface area (Å²) in [4.78, 5) is 12.1. The number of hydrogen-bond donors (Lipinski definition) is 2. The molecule has 1 atom stereocenters. The van der Waals surface area contributed by atoms with E-state index in [0.717, 1.165) is 29.5 Å². The maximum atomic E-state index is 12.1. The van der Waals surface area contributed by atoms with E-state index in [-0.39, 0.29) is 5.91 Å². The molecule has 1 saturated heterocycles. The highest BCUT2D eigenvalue weighted by Gasteiger charge is 2.14. The van der Waals surface area contributed by atoms with E-state index in [4.69, 9.17) is 0 Å². The number of halogens is 1. The van der Waals surface area contributed by atoms with Crippen LogP contribution in [0.25, 0.3) is 0 Å². The second-order valence-corrected chi connectivity index (χ2v) is 6.30. The van der Waals surface area contributed by atoms with Gasteiger partial charge in [-0.1, -0.05) is 29.3 Å². The van der Waals surface area contributed by atoms with Gasteiger partial charge in [0.2, 0.25) is 5.91 Å². The van der Waals surface area contributed by atoms with Crippen molar-refractivity contribution < 1.29 is 4.79 Å². The van der Waals surface area contributed by atoms with Gasteiger partial charge in [-0.05, 0) is 56.0 Å². The number of piperidine rings is 1. The molecule has 1 aromatic rings. The fourth-order valence-electron chi connectivity index (χ4n) is 2.67. The van der Waals surface area contributed by atoms with Crippen LogP contribution in [0.4, 0.5) is 5.69 Å². The summed E-state index contributed by atoms with van der Waals surface area (Å²) in [6.07, 6.45) is 6.19. The van der Waals surface area contributed by atoms with E-state index in [1.165, 1.54) is 24.8 Å². The summed E-state index contributed by atoms with van der Waals surface area (Å²) in [6.45, 7) is 3.20. The molecule has 0 spiro atoms. The fourth-order valence-corrected chi connectivity index (χ4v) is 3.07. The van der Waals surface area contributed by atoms with Gasteiger partial charge in [0.15, 0.2) is 0 Å². The summed E-state index contributed by atoms with van der Waals surface area (Å²) >= 11 is 3.47. The van der Waals surface area contributed by atoms with Crippen LogP contribution in [-0.4, -0.2) is 18.5 Å². The third-order valence-electron chi connectivity index (χ3n) is 3.85. The lowest BCUT2D eigenvalue weighted by atomic mass is 10.0. The van der Waals surface area contributed by atoms with Crippen molar-refractivity contribution in [2.75, 3.05) is 11.9 Å². The predicted molar refractivity (Wildman–Crippen MR) is 87.0 cm³/mol. The molecule has 1 aliphatic rings. The molecule has 2 N–H and O–H groups in total. The molecule has 0 aromatic heterocycles. The highest BCUT2D eigenvalue weighted by Crippen LogP contribution is 2.22. The lowest BCUT2D eigenvalue weighted by molar-refractivity contribution is -0.116. The number of anilines is 1.